The lowest BCUT2D eigenvalue weighted by Crippen LogP contribution is -2.24. The third kappa shape index (κ3) is 4.32. The van der Waals surface area contributed by atoms with E-state index in [1.54, 1.807) is 0 Å². The number of nitrogens with one attached hydrogen (secondary N) is 1. The van der Waals surface area contributed by atoms with Crippen LogP contribution in [0.15, 0.2) is 59.3 Å². The van der Waals surface area contributed by atoms with Gasteiger partial charge in [-0.1, -0.05) is 18.2 Å². The molecule has 118 valence electrons. The highest BCUT2D eigenvalue weighted by atomic mass is 79.9. The Bertz CT molecular complexity index is 802. The summed E-state index contributed by atoms with van der Waals surface area (Å²) in [6.07, 6.45) is 4.15. The van der Waals surface area contributed by atoms with E-state index in [-0.39, 0.29) is 5.91 Å². The summed E-state index contributed by atoms with van der Waals surface area (Å²) in [6, 6.07) is 13.3. The molecule has 1 aromatic carbocycles. The number of aromatic nitrogens is 2. The average Bonchev–Trinajstić information content (AvgIpc) is 2.96. The summed E-state index contributed by atoms with van der Waals surface area (Å²) in [5, 5.41) is 2.85. The molecule has 0 unspecified atom stereocenters. The molecule has 0 aliphatic heterocycles. The van der Waals surface area contributed by atoms with Crippen molar-refractivity contribution in [3.05, 3.63) is 65.0 Å². The lowest BCUT2D eigenvalue weighted by atomic mass is 10.3. The predicted octanol–water partition coefficient (Wildman–Crippen LogP) is 3.18. The molecule has 0 bridgehead atoms. The van der Waals surface area contributed by atoms with Gasteiger partial charge in [-0.3, -0.25) is 4.79 Å². The van der Waals surface area contributed by atoms with Gasteiger partial charge in [0.1, 0.15) is 11.4 Å². The SMILES string of the molecule is O=C(CCOc1ccccc1)NCc1cn2cc(Br)ccc2n1. The molecule has 1 N–H and O–H groups in total. The van der Waals surface area contributed by atoms with Gasteiger partial charge in [-0.05, 0) is 40.2 Å². The molecule has 2 aromatic heterocycles. The summed E-state index contributed by atoms with van der Waals surface area (Å²) in [6.45, 7) is 0.761. The van der Waals surface area contributed by atoms with Crippen LogP contribution in [0.25, 0.3) is 5.65 Å². The summed E-state index contributed by atoms with van der Waals surface area (Å²) in [5.74, 6) is 0.713. The van der Waals surface area contributed by atoms with Gasteiger partial charge in [-0.2, -0.15) is 0 Å². The van der Waals surface area contributed by atoms with Crippen LogP contribution in [-0.4, -0.2) is 21.9 Å². The molecule has 0 aliphatic rings. The monoisotopic (exact) mass is 373 g/mol. The van der Waals surface area contributed by atoms with Gasteiger partial charge in [0.05, 0.1) is 25.3 Å². The molecule has 0 saturated heterocycles. The molecule has 23 heavy (non-hydrogen) atoms. The first-order valence-electron chi connectivity index (χ1n) is 7.28. The van der Waals surface area contributed by atoms with E-state index in [1.807, 2.05) is 59.3 Å². The summed E-state index contributed by atoms with van der Waals surface area (Å²) < 4.78 is 8.41. The van der Waals surface area contributed by atoms with Crippen LogP contribution in [0.3, 0.4) is 0 Å². The quantitative estimate of drug-likeness (QED) is 0.721. The van der Waals surface area contributed by atoms with Crippen molar-refractivity contribution in [3.63, 3.8) is 0 Å². The number of halogens is 1. The van der Waals surface area contributed by atoms with Crippen LogP contribution in [0.1, 0.15) is 12.1 Å². The van der Waals surface area contributed by atoms with Crippen molar-refractivity contribution >= 4 is 27.5 Å². The molecule has 0 fully saturated rings. The van der Waals surface area contributed by atoms with E-state index in [1.165, 1.54) is 0 Å². The van der Waals surface area contributed by atoms with Crippen LogP contribution in [0.2, 0.25) is 0 Å². The Kier molecular flexibility index (Phi) is 4.92. The maximum absolute atomic E-state index is 11.8. The first-order chi connectivity index (χ1) is 11.2. The topological polar surface area (TPSA) is 55.6 Å². The smallest absolute Gasteiger partial charge is 0.223 e. The third-order valence-corrected chi connectivity index (χ3v) is 3.74. The largest absolute Gasteiger partial charge is 0.493 e. The Morgan fingerprint density at radius 2 is 2.00 bits per heavy atom. The summed E-state index contributed by atoms with van der Waals surface area (Å²) >= 11 is 3.42. The Hall–Kier alpha value is -2.34. The first-order valence-corrected chi connectivity index (χ1v) is 8.08. The van der Waals surface area contributed by atoms with Gasteiger partial charge in [-0.25, -0.2) is 4.98 Å². The Morgan fingerprint density at radius 3 is 2.83 bits per heavy atom. The van der Waals surface area contributed by atoms with Crippen molar-refractivity contribution < 1.29 is 9.53 Å². The minimum atomic E-state index is -0.0563. The van der Waals surface area contributed by atoms with Gasteiger partial charge in [0.15, 0.2) is 0 Å². The fraction of sp³-hybridized carbons (Fsp3) is 0.176. The van der Waals surface area contributed by atoms with Crippen molar-refractivity contribution in [2.45, 2.75) is 13.0 Å². The minimum Gasteiger partial charge on any atom is -0.493 e. The number of nitrogens with zero attached hydrogens (tertiary/aromatic N) is 2. The predicted molar refractivity (Wildman–Crippen MR) is 91.3 cm³/mol. The number of ether oxygens (including phenoxy) is 1. The van der Waals surface area contributed by atoms with Crippen LogP contribution in [0.5, 0.6) is 5.75 Å². The Labute approximate surface area is 142 Å². The number of pyridine rings is 1. The van der Waals surface area contributed by atoms with E-state index in [9.17, 15) is 4.79 Å². The second-order valence-electron chi connectivity index (χ2n) is 5.03. The van der Waals surface area contributed by atoms with E-state index in [2.05, 4.69) is 26.2 Å². The molecule has 0 radical (unpaired) electrons. The Morgan fingerprint density at radius 1 is 1.17 bits per heavy atom. The van der Waals surface area contributed by atoms with Gasteiger partial charge in [0.2, 0.25) is 5.91 Å². The van der Waals surface area contributed by atoms with Gasteiger partial charge in [-0.15, -0.1) is 0 Å². The fourth-order valence-electron chi connectivity index (χ4n) is 2.16. The molecule has 0 aliphatic carbocycles. The summed E-state index contributed by atoms with van der Waals surface area (Å²) in [7, 11) is 0. The van der Waals surface area contributed by atoms with E-state index < -0.39 is 0 Å². The maximum Gasteiger partial charge on any atom is 0.223 e. The van der Waals surface area contributed by atoms with Gasteiger partial charge in [0.25, 0.3) is 0 Å². The molecular weight excluding hydrogens is 358 g/mol. The van der Waals surface area contributed by atoms with Gasteiger partial charge >= 0.3 is 0 Å². The highest BCUT2D eigenvalue weighted by molar-refractivity contribution is 9.10. The molecule has 3 aromatic rings. The number of fused-ring (bicyclic) bond motifs is 1. The van der Waals surface area contributed by atoms with E-state index >= 15 is 0 Å². The normalized spacial score (nSPS) is 10.7. The zero-order chi connectivity index (χ0) is 16.1. The number of hydrogen-bond donors (Lipinski definition) is 1. The van der Waals surface area contributed by atoms with Gasteiger partial charge in [0, 0.05) is 16.9 Å². The van der Waals surface area contributed by atoms with Crippen LogP contribution in [0, 0.1) is 0 Å². The van der Waals surface area contributed by atoms with E-state index in [0.717, 1.165) is 21.6 Å². The summed E-state index contributed by atoms with van der Waals surface area (Å²) in [4.78, 5) is 16.3. The Balaban J connectivity index is 1.46. The van der Waals surface area contributed by atoms with Crippen molar-refractivity contribution in [2.75, 3.05) is 6.61 Å². The van der Waals surface area contributed by atoms with Crippen LogP contribution < -0.4 is 10.1 Å². The number of hydrogen-bond acceptors (Lipinski definition) is 3. The summed E-state index contributed by atoms with van der Waals surface area (Å²) in [5.41, 5.74) is 1.67. The molecule has 3 rings (SSSR count). The maximum atomic E-state index is 11.8. The molecule has 1 amide bonds. The van der Waals surface area contributed by atoms with Crippen molar-refractivity contribution in [2.24, 2.45) is 0 Å². The van der Waals surface area contributed by atoms with Crippen molar-refractivity contribution in [1.82, 2.24) is 14.7 Å². The molecule has 0 atom stereocenters. The standard InChI is InChI=1S/C17H16BrN3O2/c18-13-6-7-16-20-14(12-21(16)11-13)10-19-17(22)8-9-23-15-4-2-1-3-5-15/h1-7,11-12H,8-10H2,(H,19,22). The fourth-order valence-corrected chi connectivity index (χ4v) is 2.51. The number of carbonyl (C=O) groups excluding carboxylic acids is 1. The number of rotatable bonds is 6. The molecule has 2 heterocycles. The zero-order valence-corrected chi connectivity index (χ0v) is 14.0. The van der Waals surface area contributed by atoms with Crippen LogP contribution in [0.4, 0.5) is 0 Å². The van der Waals surface area contributed by atoms with Crippen molar-refractivity contribution in [3.8, 4) is 5.75 Å². The minimum absolute atomic E-state index is 0.0563. The van der Waals surface area contributed by atoms with E-state index in [4.69, 9.17) is 4.74 Å². The van der Waals surface area contributed by atoms with Gasteiger partial charge < -0.3 is 14.5 Å². The zero-order valence-electron chi connectivity index (χ0n) is 12.4. The lowest BCUT2D eigenvalue weighted by molar-refractivity contribution is -0.121. The second kappa shape index (κ2) is 7.28. The van der Waals surface area contributed by atoms with Crippen molar-refractivity contribution in [1.29, 1.82) is 0 Å². The number of para-hydroxylation sites is 1. The highest BCUT2D eigenvalue weighted by Crippen LogP contribution is 2.12. The molecule has 0 saturated carbocycles. The molecule has 6 heteroatoms. The molecular formula is C17H16BrN3O2. The van der Waals surface area contributed by atoms with E-state index in [0.29, 0.717) is 19.6 Å². The molecule has 5 nitrogen and oxygen atoms in total. The number of carbonyl (C=O) groups is 1. The van der Waals surface area contributed by atoms with Crippen LogP contribution >= 0.6 is 15.9 Å². The third-order valence-electron chi connectivity index (χ3n) is 3.27. The first kappa shape index (κ1) is 15.6. The second-order valence-corrected chi connectivity index (χ2v) is 5.95. The van der Waals surface area contributed by atoms with Crippen LogP contribution in [-0.2, 0) is 11.3 Å². The lowest BCUT2D eigenvalue weighted by Gasteiger charge is -2.06. The number of amides is 1. The molecule has 0 spiro atoms. The highest BCUT2D eigenvalue weighted by Gasteiger charge is 2.05. The average molecular weight is 374 g/mol. The number of imidazole rings is 1. The number of benzene rings is 1.